The van der Waals surface area contributed by atoms with Crippen molar-refractivity contribution in [2.24, 2.45) is 0 Å². The second-order valence-corrected chi connectivity index (χ2v) is 4.20. The van der Waals surface area contributed by atoms with Gasteiger partial charge in [-0.05, 0) is 47.4 Å². The van der Waals surface area contributed by atoms with E-state index < -0.39 is 11.9 Å². The number of fused-ring (bicyclic) bond motifs is 1. The fourth-order valence-corrected chi connectivity index (χ4v) is 2.20. The van der Waals surface area contributed by atoms with Crippen LogP contribution in [0.1, 0.15) is 31.8 Å². The van der Waals surface area contributed by atoms with Gasteiger partial charge >= 0.3 is 0 Å². The molecule has 0 aliphatic heterocycles. The molecule has 0 aliphatic carbocycles. The predicted octanol–water partition coefficient (Wildman–Crippen LogP) is 0.184. The van der Waals surface area contributed by atoms with Gasteiger partial charge in [0.2, 0.25) is 0 Å². The third kappa shape index (κ3) is 1.82. The summed E-state index contributed by atoms with van der Waals surface area (Å²) in [6.07, 6.45) is 0. The fourth-order valence-electron chi connectivity index (χ4n) is 2.20. The summed E-state index contributed by atoms with van der Waals surface area (Å²) in [7, 11) is 0. The molecule has 0 N–H and O–H groups in total. The van der Waals surface area contributed by atoms with Gasteiger partial charge < -0.3 is 19.8 Å². The van der Waals surface area contributed by atoms with E-state index in [9.17, 15) is 19.8 Å². The van der Waals surface area contributed by atoms with E-state index in [1.54, 1.807) is 26.0 Å². The van der Waals surface area contributed by atoms with E-state index in [1.807, 2.05) is 0 Å². The summed E-state index contributed by atoms with van der Waals surface area (Å²) in [6, 6.07) is 6.10. The number of benzene rings is 2. The molecule has 0 saturated heterocycles. The third-order valence-electron chi connectivity index (χ3n) is 3.04. The molecule has 4 heteroatoms. The van der Waals surface area contributed by atoms with Crippen LogP contribution in [-0.2, 0) is 0 Å². The van der Waals surface area contributed by atoms with Crippen molar-refractivity contribution in [1.82, 2.24) is 0 Å². The Morgan fingerprint density at radius 2 is 1.67 bits per heavy atom. The first-order valence-corrected chi connectivity index (χ1v) is 5.38. The Morgan fingerprint density at radius 3 is 2.22 bits per heavy atom. The van der Waals surface area contributed by atoms with Crippen LogP contribution in [0.4, 0.5) is 0 Å². The molecule has 0 aliphatic rings. The van der Waals surface area contributed by atoms with Crippen molar-refractivity contribution in [3.05, 3.63) is 46.5 Å². The highest BCUT2D eigenvalue weighted by Gasteiger charge is 2.09. The molecular weight excluding hydrogens is 232 g/mol. The van der Waals surface area contributed by atoms with Gasteiger partial charge in [0, 0.05) is 5.56 Å². The number of aryl methyl sites for hydroxylation is 2. The van der Waals surface area contributed by atoms with Crippen LogP contribution >= 0.6 is 0 Å². The molecule has 0 amide bonds. The van der Waals surface area contributed by atoms with Crippen molar-refractivity contribution in [3.63, 3.8) is 0 Å². The SMILES string of the molecule is Cc1cc2cc(C(=O)[O-])ccc2c(C)c1C(=O)[O-]. The fraction of sp³-hybridized carbons (Fsp3) is 0.143. The number of carbonyl (C=O) groups is 2. The third-order valence-corrected chi connectivity index (χ3v) is 3.04. The molecule has 0 radical (unpaired) electrons. The maximum atomic E-state index is 11.0. The van der Waals surface area contributed by atoms with Gasteiger partial charge in [-0.3, -0.25) is 0 Å². The second kappa shape index (κ2) is 4.14. The van der Waals surface area contributed by atoms with E-state index >= 15 is 0 Å². The summed E-state index contributed by atoms with van der Waals surface area (Å²) >= 11 is 0. The van der Waals surface area contributed by atoms with Crippen molar-refractivity contribution in [2.45, 2.75) is 13.8 Å². The number of carbonyl (C=O) groups excluding carboxylic acids is 2. The molecule has 92 valence electrons. The van der Waals surface area contributed by atoms with Crippen molar-refractivity contribution in [3.8, 4) is 0 Å². The molecular formula is C14H10O4-2. The zero-order chi connectivity index (χ0) is 13.4. The monoisotopic (exact) mass is 242 g/mol. The van der Waals surface area contributed by atoms with Gasteiger partial charge in [-0.15, -0.1) is 0 Å². The smallest absolute Gasteiger partial charge is 0.0720 e. The Hall–Kier alpha value is -2.36. The van der Waals surface area contributed by atoms with Crippen molar-refractivity contribution < 1.29 is 19.8 Å². The van der Waals surface area contributed by atoms with Gasteiger partial charge in [-0.25, -0.2) is 0 Å². The Labute approximate surface area is 103 Å². The lowest BCUT2D eigenvalue weighted by Crippen LogP contribution is -2.24. The van der Waals surface area contributed by atoms with Crippen LogP contribution in [-0.4, -0.2) is 11.9 Å². The lowest BCUT2D eigenvalue weighted by Gasteiger charge is -2.15. The number of carboxylic acid groups (broad SMARTS) is 2. The minimum atomic E-state index is -1.25. The molecule has 2 aromatic carbocycles. The Morgan fingerprint density at radius 1 is 1.00 bits per heavy atom. The van der Waals surface area contributed by atoms with Gasteiger partial charge in [0.1, 0.15) is 0 Å². The average Bonchev–Trinajstić information content (AvgIpc) is 2.27. The van der Waals surface area contributed by atoms with Crippen LogP contribution in [0.3, 0.4) is 0 Å². The normalized spacial score (nSPS) is 10.6. The molecule has 2 aromatic rings. The van der Waals surface area contributed by atoms with E-state index in [0.717, 1.165) is 0 Å². The van der Waals surface area contributed by atoms with Crippen LogP contribution in [0.5, 0.6) is 0 Å². The zero-order valence-electron chi connectivity index (χ0n) is 9.94. The molecule has 0 aromatic heterocycles. The number of hydrogen-bond acceptors (Lipinski definition) is 4. The van der Waals surface area contributed by atoms with Gasteiger partial charge in [-0.1, -0.05) is 18.2 Å². The lowest BCUT2D eigenvalue weighted by molar-refractivity contribution is -0.256. The van der Waals surface area contributed by atoms with E-state index in [-0.39, 0.29) is 11.1 Å². The van der Waals surface area contributed by atoms with Gasteiger partial charge in [0.25, 0.3) is 0 Å². The minimum absolute atomic E-state index is 0.0718. The first kappa shape index (κ1) is 12.1. The van der Waals surface area contributed by atoms with Gasteiger partial charge in [0.05, 0.1) is 11.9 Å². The van der Waals surface area contributed by atoms with E-state index in [0.29, 0.717) is 21.9 Å². The topological polar surface area (TPSA) is 80.3 Å². The maximum absolute atomic E-state index is 11.0. The van der Waals surface area contributed by atoms with Crippen molar-refractivity contribution in [1.29, 1.82) is 0 Å². The largest absolute Gasteiger partial charge is 0.545 e. The predicted molar refractivity (Wildman–Crippen MR) is 62.1 cm³/mol. The Balaban J connectivity index is 2.82. The number of aromatic carboxylic acids is 2. The Kier molecular flexibility index (Phi) is 2.79. The summed E-state index contributed by atoms with van der Waals surface area (Å²) in [5.41, 5.74) is 1.36. The standard InChI is InChI=1S/C14H12O4/c1-7-5-10-6-9(13(15)16)3-4-11(10)8(2)12(7)14(17)18/h3-6H,1-2H3,(H,15,16)(H,17,18)/p-2. The molecule has 0 atom stereocenters. The summed E-state index contributed by atoms with van der Waals surface area (Å²) < 4.78 is 0. The van der Waals surface area contributed by atoms with Crippen molar-refractivity contribution in [2.75, 3.05) is 0 Å². The quantitative estimate of drug-likeness (QED) is 0.752. The molecule has 0 spiro atoms. The number of rotatable bonds is 2. The van der Waals surface area contributed by atoms with Gasteiger partial charge in [0.15, 0.2) is 0 Å². The second-order valence-electron chi connectivity index (χ2n) is 4.20. The molecule has 0 saturated carbocycles. The summed E-state index contributed by atoms with van der Waals surface area (Å²) in [6.45, 7) is 3.34. The molecule has 0 unspecified atom stereocenters. The minimum Gasteiger partial charge on any atom is -0.545 e. The van der Waals surface area contributed by atoms with Crippen LogP contribution < -0.4 is 10.2 Å². The van der Waals surface area contributed by atoms with Crippen LogP contribution in [0.15, 0.2) is 24.3 Å². The zero-order valence-corrected chi connectivity index (χ0v) is 9.94. The average molecular weight is 242 g/mol. The van der Waals surface area contributed by atoms with Gasteiger partial charge in [-0.2, -0.15) is 0 Å². The highest BCUT2D eigenvalue weighted by Crippen LogP contribution is 2.25. The highest BCUT2D eigenvalue weighted by molar-refractivity contribution is 6.00. The molecule has 4 nitrogen and oxygen atoms in total. The van der Waals surface area contributed by atoms with Crippen molar-refractivity contribution >= 4 is 22.7 Å². The lowest BCUT2D eigenvalue weighted by atomic mass is 9.94. The van der Waals surface area contributed by atoms with E-state index in [1.165, 1.54) is 12.1 Å². The maximum Gasteiger partial charge on any atom is 0.0720 e. The molecule has 0 bridgehead atoms. The first-order chi connectivity index (χ1) is 8.41. The summed E-state index contributed by atoms with van der Waals surface area (Å²) in [4.78, 5) is 21.8. The first-order valence-electron chi connectivity index (χ1n) is 5.38. The molecule has 18 heavy (non-hydrogen) atoms. The van der Waals surface area contributed by atoms with Crippen LogP contribution in [0.2, 0.25) is 0 Å². The Bertz CT molecular complexity index is 671. The summed E-state index contributed by atoms with van der Waals surface area (Å²) in [5.74, 6) is -2.48. The summed E-state index contributed by atoms with van der Waals surface area (Å²) in [5, 5.41) is 23.2. The molecule has 0 fully saturated rings. The number of carboxylic acids is 2. The van der Waals surface area contributed by atoms with E-state index in [4.69, 9.17) is 0 Å². The van der Waals surface area contributed by atoms with E-state index in [2.05, 4.69) is 0 Å². The van der Waals surface area contributed by atoms with Crippen LogP contribution in [0.25, 0.3) is 10.8 Å². The molecule has 0 heterocycles. The van der Waals surface area contributed by atoms with Crippen LogP contribution in [0, 0.1) is 13.8 Å². The highest BCUT2D eigenvalue weighted by atomic mass is 16.4. The molecule has 2 rings (SSSR count). The number of hydrogen-bond donors (Lipinski definition) is 0.